The summed E-state index contributed by atoms with van der Waals surface area (Å²) in [7, 11) is 0. The number of fused-ring (bicyclic) bond motifs is 1. The van der Waals surface area contributed by atoms with Crippen LogP contribution in [0.3, 0.4) is 0 Å². The van der Waals surface area contributed by atoms with Gasteiger partial charge in [-0.25, -0.2) is 4.98 Å². The molecule has 0 saturated carbocycles. The van der Waals surface area contributed by atoms with Gasteiger partial charge in [-0.1, -0.05) is 51.2 Å². The Morgan fingerprint density at radius 1 is 1.14 bits per heavy atom. The Morgan fingerprint density at radius 3 is 2.48 bits per heavy atom. The molecule has 0 fully saturated rings. The topological polar surface area (TPSA) is 60.5 Å². The quantitative estimate of drug-likeness (QED) is 0.534. The van der Waals surface area contributed by atoms with Crippen molar-refractivity contribution in [1.82, 2.24) is 4.98 Å². The predicted molar refractivity (Wildman–Crippen MR) is 119 cm³/mol. The highest BCUT2D eigenvalue weighted by atomic mass is 32.1. The molecule has 0 saturated heterocycles. The number of benzene rings is 2. The third-order valence-electron chi connectivity index (χ3n) is 4.47. The second-order valence-corrected chi connectivity index (χ2v) is 9.05. The van der Waals surface area contributed by atoms with Crippen LogP contribution in [0.15, 0.2) is 42.5 Å². The van der Waals surface area contributed by atoms with Crippen molar-refractivity contribution in [2.24, 2.45) is 0 Å². The number of nitrogens with zero attached hydrogens (tertiary/aromatic N) is 1. The van der Waals surface area contributed by atoms with Gasteiger partial charge in [0.25, 0.3) is 5.91 Å². The first-order chi connectivity index (χ1) is 13.8. The van der Waals surface area contributed by atoms with Crippen molar-refractivity contribution in [2.75, 3.05) is 11.9 Å². The highest BCUT2D eigenvalue weighted by Gasteiger charge is 2.18. The fourth-order valence-corrected chi connectivity index (χ4v) is 3.66. The van der Waals surface area contributed by atoms with Gasteiger partial charge in [0, 0.05) is 0 Å². The molecule has 1 N–H and O–H groups in total. The molecule has 2 aromatic carbocycles. The standard InChI is InChI=1S/C23H28N2O3S/c1-6-13-27-18-11-12-19-20(14-18)29-22(24-19)25-21(26)15(2)28-17-9-7-16(8-10-17)23(3,4)5/h7-12,14-15H,6,13H2,1-5H3,(H,24,25,26). The SMILES string of the molecule is CCCOc1ccc2nc(NC(=O)C(C)Oc3ccc(C(C)(C)C)cc3)sc2c1. The molecule has 29 heavy (non-hydrogen) atoms. The van der Waals surface area contributed by atoms with Crippen LogP contribution in [0.1, 0.15) is 46.6 Å². The minimum atomic E-state index is -0.633. The van der Waals surface area contributed by atoms with E-state index in [1.165, 1.54) is 16.9 Å². The first kappa shape index (κ1) is 21.1. The highest BCUT2D eigenvalue weighted by molar-refractivity contribution is 7.22. The summed E-state index contributed by atoms with van der Waals surface area (Å²) in [4.78, 5) is 17.0. The number of carbonyl (C=O) groups excluding carboxylic acids is 1. The van der Waals surface area contributed by atoms with Crippen molar-refractivity contribution < 1.29 is 14.3 Å². The molecule has 1 unspecified atom stereocenters. The second-order valence-electron chi connectivity index (χ2n) is 8.02. The van der Waals surface area contributed by atoms with Gasteiger partial charge in [-0.15, -0.1) is 0 Å². The lowest BCUT2D eigenvalue weighted by Gasteiger charge is -2.20. The zero-order valence-corrected chi connectivity index (χ0v) is 18.4. The van der Waals surface area contributed by atoms with Gasteiger partial charge in [0.1, 0.15) is 11.5 Å². The van der Waals surface area contributed by atoms with Crippen LogP contribution in [0, 0.1) is 0 Å². The van der Waals surface area contributed by atoms with E-state index in [0.717, 1.165) is 22.4 Å². The summed E-state index contributed by atoms with van der Waals surface area (Å²) in [6.07, 6.45) is 0.324. The molecule has 3 rings (SSSR count). The van der Waals surface area contributed by atoms with Gasteiger partial charge in [-0.2, -0.15) is 0 Å². The number of aromatic nitrogens is 1. The summed E-state index contributed by atoms with van der Waals surface area (Å²) in [6, 6.07) is 13.6. The third-order valence-corrected chi connectivity index (χ3v) is 5.40. The zero-order valence-electron chi connectivity index (χ0n) is 17.6. The van der Waals surface area contributed by atoms with Crippen LogP contribution in [-0.2, 0) is 10.2 Å². The maximum atomic E-state index is 12.5. The highest BCUT2D eigenvalue weighted by Crippen LogP contribution is 2.30. The number of thiazole rings is 1. The molecular formula is C23H28N2O3S. The number of rotatable bonds is 7. The molecule has 3 aromatic rings. The summed E-state index contributed by atoms with van der Waals surface area (Å²) in [5, 5.41) is 3.40. The van der Waals surface area contributed by atoms with E-state index < -0.39 is 6.10 Å². The minimum absolute atomic E-state index is 0.0792. The first-order valence-electron chi connectivity index (χ1n) is 9.87. The summed E-state index contributed by atoms with van der Waals surface area (Å²) in [6.45, 7) is 11.0. The summed E-state index contributed by atoms with van der Waals surface area (Å²) < 4.78 is 12.4. The number of hydrogen-bond donors (Lipinski definition) is 1. The second kappa shape index (κ2) is 8.82. The summed E-state index contributed by atoms with van der Waals surface area (Å²) in [5.74, 6) is 1.25. The lowest BCUT2D eigenvalue weighted by molar-refractivity contribution is -0.122. The van der Waals surface area contributed by atoms with Gasteiger partial charge in [0.2, 0.25) is 0 Å². The molecule has 1 heterocycles. The predicted octanol–water partition coefficient (Wildman–Crippen LogP) is 5.79. The zero-order chi connectivity index (χ0) is 21.0. The van der Waals surface area contributed by atoms with E-state index in [4.69, 9.17) is 9.47 Å². The van der Waals surface area contributed by atoms with Crippen LogP contribution in [0.25, 0.3) is 10.2 Å². The van der Waals surface area contributed by atoms with E-state index in [2.05, 4.69) is 38.0 Å². The first-order valence-corrected chi connectivity index (χ1v) is 10.7. The number of ether oxygens (including phenoxy) is 2. The lowest BCUT2D eigenvalue weighted by Crippen LogP contribution is -2.30. The van der Waals surface area contributed by atoms with E-state index in [9.17, 15) is 4.79 Å². The maximum Gasteiger partial charge on any atom is 0.266 e. The molecule has 1 amide bonds. The van der Waals surface area contributed by atoms with E-state index >= 15 is 0 Å². The monoisotopic (exact) mass is 412 g/mol. The minimum Gasteiger partial charge on any atom is -0.494 e. The lowest BCUT2D eigenvalue weighted by atomic mass is 9.87. The molecule has 0 bridgehead atoms. The van der Waals surface area contributed by atoms with Crippen LogP contribution in [-0.4, -0.2) is 23.6 Å². The van der Waals surface area contributed by atoms with Crippen LogP contribution in [0.5, 0.6) is 11.5 Å². The Morgan fingerprint density at radius 2 is 1.83 bits per heavy atom. The van der Waals surface area contributed by atoms with Crippen LogP contribution in [0.2, 0.25) is 0 Å². The molecule has 0 aliphatic heterocycles. The Labute approximate surface area is 176 Å². The Bertz CT molecular complexity index is 974. The van der Waals surface area contributed by atoms with Gasteiger partial charge in [-0.3, -0.25) is 10.1 Å². The number of amides is 1. The maximum absolute atomic E-state index is 12.5. The van der Waals surface area contributed by atoms with Gasteiger partial charge in [-0.05, 0) is 54.7 Å². The van der Waals surface area contributed by atoms with Crippen LogP contribution in [0.4, 0.5) is 5.13 Å². The molecule has 154 valence electrons. The Kier molecular flexibility index (Phi) is 6.42. The number of anilines is 1. The number of hydrogen-bond acceptors (Lipinski definition) is 5. The molecular weight excluding hydrogens is 384 g/mol. The molecule has 1 atom stereocenters. The molecule has 1 aromatic heterocycles. The summed E-state index contributed by atoms with van der Waals surface area (Å²) in [5.41, 5.74) is 2.13. The number of carbonyl (C=O) groups is 1. The van der Waals surface area contributed by atoms with Crippen molar-refractivity contribution >= 4 is 32.6 Å². The molecule has 0 spiro atoms. The molecule has 0 aliphatic rings. The smallest absolute Gasteiger partial charge is 0.266 e. The van der Waals surface area contributed by atoms with Crippen LogP contribution >= 0.6 is 11.3 Å². The van der Waals surface area contributed by atoms with Gasteiger partial charge in [0.15, 0.2) is 11.2 Å². The third kappa shape index (κ3) is 5.48. The van der Waals surface area contributed by atoms with Gasteiger partial charge in [0.05, 0.1) is 16.8 Å². The fourth-order valence-electron chi connectivity index (χ4n) is 2.77. The average molecular weight is 413 g/mol. The van der Waals surface area contributed by atoms with E-state index in [-0.39, 0.29) is 11.3 Å². The summed E-state index contributed by atoms with van der Waals surface area (Å²) >= 11 is 1.42. The van der Waals surface area contributed by atoms with Gasteiger partial charge < -0.3 is 9.47 Å². The van der Waals surface area contributed by atoms with E-state index in [1.54, 1.807) is 6.92 Å². The van der Waals surface area contributed by atoms with Gasteiger partial charge >= 0.3 is 0 Å². The van der Waals surface area contributed by atoms with Crippen molar-refractivity contribution in [3.05, 3.63) is 48.0 Å². The van der Waals surface area contributed by atoms with E-state index in [0.29, 0.717) is 17.5 Å². The normalized spacial score (nSPS) is 12.6. The Hall–Kier alpha value is -2.60. The van der Waals surface area contributed by atoms with E-state index in [1.807, 2.05) is 42.5 Å². The Balaban J connectivity index is 1.63. The van der Waals surface area contributed by atoms with Crippen molar-refractivity contribution in [1.29, 1.82) is 0 Å². The van der Waals surface area contributed by atoms with Crippen molar-refractivity contribution in [2.45, 2.75) is 52.6 Å². The average Bonchev–Trinajstić information content (AvgIpc) is 3.07. The van der Waals surface area contributed by atoms with Crippen molar-refractivity contribution in [3.63, 3.8) is 0 Å². The molecule has 5 nitrogen and oxygen atoms in total. The van der Waals surface area contributed by atoms with Crippen LogP contribution < -0.4 is 14.8 Å². The number of nitrogens with one attached hydrogen (secondary N) is 1. The van der Waals surface area contributed by atoms with Crippen molar-refractivity contribution in [3.8, 4) is 11.5 Å². The molecule has 0 radical (unpaired) electrons. The molecule has 6 heteroatoms. The molecule has 0 aliphatic carbocycles. The fraction of sp³-hybridized carbons (Fsp3) is 0.391. The largest absolute Gasteiger partial charge is 0.494 e.